The van der Waals surface area contributed by atoms with Crippen molar-refractivity contribution in [3.8, 4) is 0 Å². The van der Waals surface area contributed by atoms with Gasteiger partial charge in [-0.15, -0.1) is 0 Å². The Hall–Kier alpha value is -0.870. The second-order valence-corrected chi connectivity index (χ2v) is 4.67. The Morgan fingerprint density at radius 3 is 2.69 bits per heavy atom. The van der Waals surface area contributed by atoms with E-state index in [1.807, 2.05) is 6.20 Å². The summed E-state index contributed by atoms with van der Waals surface area (Å²) in [5, 5.41) is 0. The highest BCUT2D eigenvalue weighted by Crippen LogP contribution is 2.15. The Labute approximate surface area is 97.2 Å². The predicted octanol–water partition coefficient (Wildman–Crippen LogP) is 1.60. The van der Waals surface area contributed by atoms with Gasteiger partial charge in [0, 0.05) is 31.0 Å². The van der Waals surface area contributed by atoms with Gasteiger partial charge >= 0.3 is 0 Å². The van der Waals surface area contributed by atoms with Crippen LogP contribution >= 0.6 is 0 Å². The van der Waals surface area contributed by atoms with Gasteiger partial charge in [0.2, 0.25) is 0 Å². The lowest BCUT2D eigenvalue weighted by Crippen LogP contribution is -2.36. The van der Waals surface area contributed by atoms with E-state index in [9.17, 15) is 0 Å². The highest BCUT2D eigenvalue weighted by molar-refractivity contribution is 5.05. The molecule has 4 heteroatoms. The first-order valence-corrected chi connectivity index (χ1v) is 6.01. The fraction of sp³-hybridized carbons (Fsp3) is 0.750. The lowest BCUT2D eigenvalue weighted by Gasteiger charge is -2.27. The number of rotatable bonds is 3. The van der Waals surface area contributed by atoms with E-state index in [2.05, 4.69) is 35.2 Å². The van der Waals surface area contributed by atoms with Crippen molar-refractivity contribution in [3.63, 3.8) is 0 Å². The summed E-state index contributed by atoms with van der Waals surface area (Å²) in [5.41, 5.74) is 1.25. The monoisotopic (exact) mass is 223 g/mol. The number of nitrogens with zero attached hydrogens (tertiary/aromatic N) is 3. The van der Waals surface area contributed by atoms with E-state index in [0.717, 1.165) is 32.8 Å². The molecule has 1 aromatic rings. The zero-order valence-corrected chi connectivity index (χ0v) is 10.4. The van der Waals surface area contributed by atoms with E-state index in [-0.39, 0.29) is 0 Å². The van der Waals surface area contributed by atoms with Crippen LogP contribution in [0.3, 0.4) is 0 Å². The summed E-state index contributed by atoms with van der Waals surface area (Å²) in [4.78, 5) is 6.92. The van der Waals surface area contributed by atoms with Gasteiger partial charge in [-0.3, -0.25) is 4.90 Å². The van der Waals surface area contributed by atoms with Crippen molar-refractivity contribution >= 4 is 0 Å². The van der Waals surface area contributed by atoms with Gasteiger partial charge in [-0.25, -0.2) is 4.98 Å². The molecule has 1 fully saturated rings. The number of hydrogen-bond donors (Lipinski definition) is 0. The molecule has 4 nitrogen and oxygen atoms in total. The van der Waals surface area contributed by atoms with Crippen LogP contribution in [-0.4, -0.2) is 40.8 Å². The average molecular weight is 223 g/mol. The van der Waals surface area contributed by atoms with E-state index >= 15 is 0 Å². The maximum Gasteiger partial charge on any atom is 0.123 e. The summed E-state index contributed by atoms with van der Waals surface area (Å²) in [6, 6.07) is 0.485. The van der Waals surface area contributed by atoms with Crippen LogP contribution in [0, 0.1) is 6.92 Å². The predicted molar refractivity (Wildman–Crippen MR) is 63.4 cm³/mol. The molecule has 0 aliphatic carbocycles. The Balaban J connectivity index is 2.08. The third-order valence-electron chi connectivity index (χ3n) is 3.04. The molecule has 0 bridgehead atoms. The number of ether oxygens (including phenoxy) is 1. The van der Waals surface area contributed by atoms with Crippen LogP contribution in [-0.2, 0) is 11.3 Å². The van der Waals surface area contributed by atoms with E-state index in [4.69, 9.17) is 4.74 Å². The molecule has 16 heavy (non-hydrogen) atoms. The third-order valence-corrected chi connectivity index (χ3v) is 3.04. The number of hydrogen-bond acceptors (Lipinski definition) is 3. The van der Waals surface area contributed by atoms with Crippen LogP contribution in [0.5, 0.6) is 0 Å². The molecule has 90 valence electrons. The molecule has 1 aromatic heterocycles. The molecule has 0 unspecified atom stereocenters. The smallest absolute Gasteiger partial charge is 0.123 e. The minimum atomic E-state index is 0.485. The van der Waals surface area contributed by atoms with Gasteiger partial charge in [-0.05, 0) is 20.8 Å². The van der Waals surface area contributed by atoms with Crippen LogP contribution in [0.15, 0.2) is 6.20 Å². The first-order chi connectivity index (χ1) is 7.68. The normalized spacial score (nSPS) is 18.2. The molecular weight excluding hydrogens is 202 g/mol. The molecule has 2 heterocycles. The first-order valence-electron chi connectivity index (χ1n) is 6.01. The van der Waals surface area contributed by atoms with Crippen molar-refractivity contribution in [1.29, 1.82) is 0 Å². The second-order valence-electron chi connectivity index (χ2n) is 4.67. The number of aryl methyl sites for hydroxylation is 1. The zero-order valence-electron chi connectivity index (χ0n) is 10.4. The maximum atomic E-state index is 5.35. The number of imidazole rings is 1. The molecule has 0 atom stereocenters. The summed E-state index contributed by atoms with van der Waals surface area (Å²) >= 11 is 0. The van der Waals surface area contributed by atoms with Crippen molar-refractivity contribution < 1.29 is 4.74 Å². The van der Waals surface area contributed by atoms with Gasteiger partial charge in [-0.2, -0.15) is 0 Å². The molecule has 0 spiro atoms. The molecule has 0 radical (unpaired) electrons. The average Bonchev–Trinajstić information content (AvgIpc) is 2.61. The topological polar surface area (TPSA) is 30.3 Å². The first kappa shape index (κ1) is 11.6. The molecule has 0 N–H and O–H groups in total. The Kier molecular flexibility index (Phi) is 3.61. The SMILES string of the molecule is Cc1cnc(CN2CCOCC2)n1C(C)C. The highest BCUT2D eigenvalue weighted by atomic mass is 16.5. The summed E-state index contributed by atoms with van der Waals surface area (Å²) in [6.07, 6.45) is 1.97. The lowest BCUT2D eigenvalue weighted by atomic mass is 10.3. The summed E-state index contributed by atoms with van der Waals surface area (Å²) < 4.78 is 7.67. The molecular formula is C12H21N3O. The van der Waals surface area contributed by atoms with Crippen molar-refractivity contribution in [3.05, 3.63) is 17.7 Å². The van der Waals surface area contributed by atoms with Crippen LogP contribution in [0.4, 0.5) is 0 Å². The molecule has 1 saturated heterocycles. The van der Waals surface area contributed by atoms with E-state index in [1.165, 1.54) is 11.5 Å². The maximum absolute atomic E-state index is 5.35. The Bertz CT molecular complexity index is 340. The summed E-state index contributed by atoms with van der Waals surface area (Å²) in [6.45, 7) is 11.2. The van der Waals surface area contributed by atoms with Crippen LogP contribution < -0.4 is 0 Å². The molecule has 1 aliphatic heterocycles. The summed E-state index contributed by atoms with van der Waals surface area (Å²) in [7, 11) is 0. The van der Waals surface area contributed by atoms with Crippen molar-refractivity contribution in [2.45, 2.75) is 33.4 Å². The fourth-order valence-corrected chi connectivity index (χ4v) is 2.28. The molecule has 2 rings (SSSR count). The minimum Gasteiger partial charge on any atom is -0.379 e. The van der Waals surface area contributed by atoms with E-state index < -0.39 is 0 Å². The van der Waals surface area contributed by atoms with Crippen LogP contribution in [0.2, 0.25) is 0 Å². The lowest BCUT2D eigenvalue weighted by molar-refractivity contribution is 0.0324. The number of aromatic nitrogens is 2. The molecule has 0 aromatic carbocycles. The molecule has 1 aliphatic rings. The fourth-order valence-electron chi connectivity index (χ4n) is 2.28. The molecule has 0 amide bonds. The minimum absolute atomic E-state index is 0.485. The summed E-state index contributed by atoms with van der Waals surface area (Å²) in [5.74, 6) is 1.18. The largest absolute Gasteiger partial charge is 0.379 e. The Morgan fingerprint density at radius 2 is 2.06 bits per heavy atom. The van der Waals surface area contributed by atoms with Crippen LogP contribution in [0.1, 0.15) is 31.4 Å². The van der Waals surface area contributed by atoms with Gasteiger partial charge < -0.3 is 9.30 Å². The third kappa shape index (κ3) is 2.44. The molecule has 0 saturated carbocycles. The van der Waals surface area contributed by atoms with E-state index in [1.54, 1.807) is 0 Å². The van der Waals surface area contributed by atoms with Gasteiger partial charge in [0.25, 0.3) is 0 Å². The standard InChI is InChI=1S/C12H21N3O/c1-10(2)15-11(3)8-13-12(15)9-14-4-6-16-7-5-14/h8,10H,4-7,9H2,1-3H3. The van der Waals surface area contributed by atoms with Crippen molar-refractivity contribution in [2.75, 3.05) is 26.3 Å². The van der Waals surface area contributed by atoms with Gasteiger partial charge in [0.15, 0.2) is 0 Å². The van der Waals surface area contributed by atoms with Crippen LogP contribution in [0.25, 0.3) is 0 Å². The number of morpholine rings is 1. The zero-order chi connectivity index (χ0) is 11.5. The van der Waals surface area contributed by atoms with Gasteiger partial charge in [-0.1, -0.05) is 0 Å². The highest BCUT2D eigenvalue weighted by Gasteiger charge is 2.15. The second kappa shape index (κ2) is 4.97. The van der Waals surface area contributed by atoms with E-state index in [0.29, 0.717) is 6.04 Å². The van der Waals surface area contributed by atoms with Crippen molar-refractivity contribution in [2.24, 2.45) is 0 Å². The van der Waals surface area contributed by atoms with Gasteiger partial charge in [0.05, 0.1) is 19.8 Å². The van der Waals surface area contributed by atoms with Gasteiger partial charge in [0.1, 0.15) is 5.82 Å². The quantitative estimate of drug-likeness (QED) is 0.780. The Morgan fingerprint density at radius 1 is 1.38 bits per heavy atom. The van der Waals surface area contributed by atoms with Crippen molar-refractivity contribution in [1.82, 2.24) is 14.5 Å².